The predicted octanol–water partition coefficient (Wildman–Crippen LogP) is 3.86. The van der Waals surface area contributed by atoms with E-state index in [9.17, 15) is 0 Å². The third-order valence-electron chi connectivity index (χ3n) is 4.51. The molecule has 3 nitrogen and oxygen atoms in total. The molecular formula is C21H16N3+. The summed E-state index contributed by atoms with van der Waals surface area (Å²) in [4.78, 5) is 0. The molecule has 3 heteroatoms. The average Bonchev–Trinajstić information content (AvgIpc) is 3.19. The second kappa shape index (κ2) is 5.17. The first-order valence-corrected chi connectivity index (χ1v) is 8.14. The topological polar surface area (TPSA) is 21.7 Å². The van der Waals surface area contributed by atoms with Gasteiger partial charge in [-0.05, 0) is 30.3 Å². The minimum Gasteiger partial charge on any atom is -0.190 e. The van der Waals surface area contributed by atoms with Gasteiger partial charge >= 0.3 is 5.82 Å². The van der Waals surface area contributed by atoms with Crippen LogP contribution in [-0.4, -0.2) is 9.78 Å². The average molecular weight is 310 g/mol. The molecule has 0 saturated heterocycles. The van der Waals surface area contributed by atoms with E-state index in [1.165, 1.54) is 11.1 Å². The molecule has 0 aliphatic carbocycles. The first kappa shape index (κ1) is 13.3. The third-order valence-corrected chi connectivity index (χ3v) is 4.51. The van der Waals surface area contributed by atoms with Crippen LogP contribution in [0.2, 0.25) is 0 Å². The van der Waals surface area contributed by atoms with E-state index in [4.69, 9.17) is 5.10 Å². The first-order chi connectivity index (χ1) is 11.9. The van der Waals surface area contributed by atoms with Gasteiger partial charge in [0.25, 0.3) is 5.82 Å². The fourth-order valence-corrected chi connectivity index (χ4v) is 3.43. The maximum absolute atomic E-state index is 4.93. The van der Waals surface area contributed by atoms with Crippen molar-refractivity contribution in [2.45, 2.75) is 6.54 Å². The van der Waals surface area contributed by atoms with Crippen molar-refractivity contribution in [1.29, 1.82) is 0 Å². The van der Waals surface area contributed by atoms with Gasteiger partial charge in [0.1, 0.15) is 12.2 Å². The molecule has 0 amide bonds. The van der Waals surface area contributed by atoms with Crippen molar-refractivity contribution in [2.75, 3.05) is 0 Å². The van der Waals surface area contributed by atoms with Gasteiger partial charge in [0.2, 0.25) is 0 Å². The van der Waals surface area contributed by atoms with Crippen LogP contribution in [0, 0.1) is 0 Å². The van der Waals surface area contributed by atoms with Crippen LogP contribution in [0.3, 0.4) is 0 Å². The van der Waals surface area contributed by atoms with Gasteiger partial charge in [-0.3, -0.25) is 0 Å². The Balaban J connectivity index is 1.83. The van der Waals surface area contributed by atoms with Gasteiger partial charge in [-0.25, -0.2) is 0 Å². The van der Waals surface area contributed by atoms with Gasteiger partial charge in [-0.15, -0.1) is 4.68 Å². The lowest BCUT2D eigenvalue weighted by Gasteiger charge is -2.04. The van der Waals surface area contributed by atoms with Gasteiger partial charge in [0.05, 0.1) is 11.1 Å². The van der Waals surface area contributed by atoms with Crippen LogP contribution >= 0.6 is 0 Å². The smallest absolute Gasteiger partial charge is 0.190 e. The second-order valence-corrected chi connectivity index (χ2v) is 6.00. The summed E-state index contributed by atoms with van der Waals surface area (Å²) >= 11 is 0. The van der Waals surface area contributed by atoms with Crippen molar-refractivity contribution >= 4 is 0 Å². The molecule has 3 aromatic carbocycles. The monoisotopic (exact) mass is 310 g/mol. The molecule has 0 radical (unpaired) electrons. The maximum Gasteiger partial charge on any atom is 0.314 e. The summed E-state index contributed by atoms with van der Waals surface area (Å²) in [5.41, 5.74) is 4.84. The van der Waals surface area contributed by atoms with E-state index >= 15 is 0 Å². The summed E-state index contributed by atoms with van der Waals surface area (Å²) in [6.07, 6.45) is 0. The summed E-state index contributed by atoms with van der Waals surface area (Å²) in [5.74, 6) is 2.13. The molecular weight excluding hydrogens is 294 g/mol. The fourth-order valence-electron chi connectivity index (χ4n) is 3.43. The van der Waals surface area contributed by atoms with Gasteiger partial charge in [0.15, 0.2) is 0 Å². The third kappa shape index (κ3) is 1.91. The Morgan fingerprint density at radius 2 is 1.42 bits per heavy atom. The van der Waals surface area contributed by atoms with Gasteiger partial charge < -0.3 is 0 Å². The molecule has 0 atom stereocenters. The molecule has 1 aliphatic rings. The van der Waals surface area contributed by atoms with Crippen LogP contribution in [0.4, 0.5) is 0 Å². The fraction of sp³-hybridized carbons (Fsp3) is 0.0476. The number of hydrogen-bond donors (Lipinski definition) is 0. The molecule has 4 aromatic rings. The molecule has 0 saturated carbocycles. The summed E-state index contributed by atoms with van der Waals surface area (Å²) in [7, 11) is 0. The second-order valence-electron chi connectivity index (χ2n) is 6.00. The van der Waals surface area contributed by atoms with Crippen molar-refractivity contribution in [2.24, 2.45) is 0 Å². The normalized spacial score (nSPS) is 12.0. The van der Waals surface area contributed by atoms with Gasteiger partial charge in [-0.2, -0.15) is 4.57 Å². The van der Waals surface area contributed by atoms with Crippen LogP contribution in [0.15, 0.2) is 84.9 Å². The number of benzene rings is 3. The van der Waals surface area contributed by atoms with Crippen molar-refractivity contribution in [3.05, 3.63) is 90.5 Å². The zero-order valence-electron chi connectivity index (χ0n) is 13.1. The van der Waals surface area contributed by atoms with Gasteiger partial charge in [-0.1, -0.05) is 54.6 Å². The Morgan fingerprint density at radius 3 is 2.21 bits per heavy atom. The standard InChI is InChI=1S/C21H16N3/c1-3-9-16(10-4-1)20-22-23-15-17-11-7-8-14-19(17)21(23)24(20)18-12-5-2-6-13-18/h1-14H,15H2/q+1. The zero-order valence-corrected chi connectivity index (χ0v) is 13.1. The molecule has 0 unspecified atom stereocenters. The number of rotatable bonds is 2. The van der Waals surface area contributed by atoms with Crippen LogP contribution in [0.5, 0.6) is 0 Å². The first-order valence-electron chi connectivity index (χ1n) is 8.14. The summed E-state index contributed by atoms with van der Waals surface area (Å²) in [5, 5.41) is 4.93. The van der Waals surface area contributed by atoms with Crippen LogP contribution in [0.1, 0.15) is 5.56 Å². The Kier molecular flexibility index (Phi) is 2.85. The molecule has 0 N–H and O–H groups in total. The molecule has 5 rings (SSSR count). The van der Waals surface area contributed by atoms with Crippen LogP contribution in [0.25, 0.3) is 28.5 Å². The number of aromatic nitrogens is 3. The molecule has 0 spiro atoms. The predicted molar refractivity (Wildman–Crippen MR) is 93.7 cm³/mol. The number of nitrogens with zero attached hydrogens (tertiary/aromatic N) is 3. The lowest BCUT2D eigenvalue weighted by Crippen LogP contribution is -2.34. The molecule has 24 heavy (non-hydrogen) atoms. The lowest BCUT2D eigenvalue weighted by molar-refractivity contribution is -0.572. The van der Waals surface area contributed by atoms with Crippen LogP contribution < -0.4 is 4.57 Å². The highest BCUT2D eigenvalue weighted by atomic mass is 15.4. The Hall–Kier alpha value is -3.20. The van der Waals surface area contributed by atoms with Gasteiger partial charge in [0, 0.05) is 10.7 Å². The van der Waals surface area contributed by atoms with Crippen LogP contribution in [-0.2, 0) is 6.54 Å². The van der Waals surface area contributed by atoms with Crippen molar-refractivity contribution in [3.63, 3.8) is 0 Å². The quantitative estimate of drug-likeness (QED) is 0.454. The van der Waals surface area contributed by atoms with E-state index < -0.39 is 0 Å². The zero-order chi connectivity index (χ0) is 15.9. The Morgan fingerprint density at radius 1 is 0.750 bits per heavy atom. The highest BCUT2D eigenvalue weighted by molar-refractivity contribution is 5.64. The Bertz CT molecular complexity index is 1020. The van der Waals surface area contributed by atoms with Crippen molar-refractivity contribution in [1.82, 2.24) is 9.78 Å². The number of para-hydroxylation sites is 1. The lowest BCUT2D eigenvalue weighted by atomic mass is 10.1. The van der Waals surface area contributed by atoms with Crippen molar-refractivity contribution < 1.29 is 4.57 Å². The molecule has 114 valence electrons. The summed E-state index contributed by atoms with van der Waals surface area (Å²) in [6.45, 7) is 0.825. The summed E-state index contributed by atoms with van der Waals surface area (Å²) < 4.78 is 4.38. The molecule has 2 heterocycles. The number of hydrogen-bond acceptors (Lipinski definition) is 1. The SMILES string of the molecule is c1ccc(-c2nn3c([n+]2-c2ccccc2)-c2ccccc2C3)cc1. The largest absolute Gasteiger partial charge is 0.314 e. The minimum atomic E-state index is 0.825. The molecule has 1 aliphatic heterocycles. The van der Waals surface area contributed by atoms with E-state index in [1.807, 2.05) is 12.1 Å². The maximum atomic E-state index is 4.93. The van der Waals surface area contributed by atoms with E-state index in [2.05, 4.69) is 82.0 Å². The summed E-state index contributed by atoms with van der Waals surface area (Å²) in [6, 6.07) is 29.4. The molecule has 1 aromatic heterocycles. The van der Waals surface area contributed by atoms with E-state index in [0.717, 1.165) is 29.4 Å². The highest BCUT2D eigenvalue weighted by Gasteiger charge is 2.35. The highest BCUT2D eigenvalue weighted by Crippen LogP contribution is 2.31. The minimum absolute atomic E-state index is 0.825. The molecule has 0 fully saturated rings. The van der Waals surface area contributed by atoms with E-state index in [1.54, 1.807) is 0 Å². The van der Waals surface area contributed by atoms with E-state index in [0.29, 0.717) is 0 Å². The molecule has 0 bridgehead atoms. The number of fused-ring (bicyclic) bond motifs is 3. The Labute approximate surface area is 140 Å². The van der Waals surface area contributed by atoms with Crippen molar-refractivity contribution in [3.8, 4) is 28.5 Å². The van der Waals surface area contributed by atoms with E-state index in [-0.39, 0.29) is 0 Å².